The van der Waals surface area contributed by atoms with Crippen molar-refractivity contribution >= 4 is 39.2 Å². The van der Waals surface area contributed by atoms with Gasteiger partial charge in [0.1, 0.15) is 0 Å². The van der Waals surface area contributed by atoms with Crippen LogP contribution in [-0.4, -0.2) is 31.2 Å². The molecular weight excluding hydrogens is 300 g/mol. The molecule has 1 heterocycles. The van der Waals surface area contributed by atoms with E-state index in [0.29, 0.717) is 15.7 Å². The third-order valence-electron chi connectivity index (χ3n) is 2.79. The van der Waals surface area contributed by atoms with Crippen LogP contribution in [0.3, 0.4) is 0 Å². The lowest BCUT2D eigenvalue weighted by molar-refractivity contribution is -0.120. The second-order valence-electron chi connectivity index (χ2n) is 3.84. The van der Waals surface area contributed by atoms with Gasteiger partial charge in [0.15, 0.2) is 0 Å². The van der Waals surface area contributed by atoms with Crippen LogP contribution in [0.1, 0.15) is 16.8 Å². The number of nitrogens with one attached hydrogen (secondary N) is 1. The Hall–Kier alpha value is -1.69. The van der Waals surface area contributed by atoms with Crippen LogP contribution >= 0.6 is 15.9 Å². The summed E-state index contributed by atoms with van der Waals surface area (Å²) in [5.74, 6) is -1.28. The lowest BCUT2D eigenvalue weighted by Crippen LogP contribution is -2.33. The number of fused-ring (bicyclic) bond motifs is 1. The van der Waals surface area contributed by atoms with Gasteiger partial charge in [-0.25, -0.2) is 0 Å². The molecule has 0 bridgehead atoms. The molecule has 5 nitrogen and oxygen atoms in total. The summed E-state index contributed by atoms with van der Waals surface area (Å²) in [5, 5.41) is 2.48. The van der Waals surface area contributed by atoms with Gasteiger partial charge in [-0.05, 0) is 28.1 Å². The quantitative estimate of drug-likeness (QED) is 0.851. The molecule has 1 aromatic rings. The van der Waals surface area contributed by atoms with Gasteiger partial charge in [-0.2, -0.15) is 0 Å². The Morgan fingerprint density at radius 1 is 1.39 bits per heavy atom. The van der Waals surface area contributed by atoms with E-state index in [0.717, 1.165) is 0 Å². The molecule has 6 heteroatoms. The number of rotatable bonds is 3. The van der Waals surface area contributed by atoms with Crippen molar-refractivity contribution in [2.45, 2.75) is 6.42 Å². The highest BCUT2D eigenvalue weighted by atomic mass is 79.9. The highest BCUT2D eigenvalue weighted by molar-refractivity contribution is 9.10. The van der Waals surface area contributed by atoms with Crippen molar-refractivity contribution < 1.29 is 14.4 Å². The van der Waals surface area contributed by atoms with Crippen LogP contribution in [0.2, 0.25) is 0 Å². The van der Waals surface area contributed by atoms with Crippen molar-refractivity contribution in [1.29, 1.82) is 0 Å². The maximum absolute atomic E-state index is 11.8. The third kappa shape index (κ3) is 2.03. The highest BCUT2D eigenvalue weighted by Crippen LogP contribution is 2.34. The van der Waals surface area contributed by atoms with Crippen LogP contribution in [0.15, 0.2) is 22.7 Å². The highest BCUT2D eigenvalue weighted by Gasteiger charge is 2.37. The number of anilines is 1. The van der Waals surface area contributed by atoms with Crippen LogP contribution < -0.4 is 10.2 Å². The molecule has 0 saturated carbocycles. The predicted molar refractivity (Wildman–Crippen MR) is 69.5 cm³/mol. The molecule has 0 radical (unpaired) electrons. The van der Waals surface area contributed by atoms with E-state index in [1.54, 1.807) is 18.2 Å². The van der Waals surface area contributed by atoms with Gasteiger partial charge in [-0.15, -0.1) is 0 Å². The molecule has 1 N–H and O–H groups in total. The van der Waals surface area contributed by atoms with E-state index in [9.17, 15) is 14.4 Å². The maximum Gasteiger partial charge on any atom is 0.299 e. The molecule has 0 atom stereocenters. The standard InChI is InChI=1S/C12H11BrN2O3/c1-14-9(16)5-6-15-8-4-2-3-7(13)10(8)11(17)12(15)18/h2-4H,5-6H2,1H3,(H,14,16). The van der Waals surface area contributed by atoms with E-state index in [2.05, 4.69) is 21.2 Å². The molecule has 94 valence electrons. The van der Waals surface area contributed by atoms with Crippen LogP contribution in [0.5, 0.6) is 0 Å². The summed E-state index contributed by atoms with van der Waals surface area (Å²) < 4.78 is 0.598. The first-order chi connectivity index (χ1) is 8.56. The number of carbonyl (C=O) groups excluding carboxylic acids is 3. The van der Waals surface area contributed by atoms with Crippen molar-refractivity contribution in [3.8, 4) is 0 Å². The molecule has 1 aromatic carbocycles. The molecule has 0 aromatic heterocycles. The zero-order valence-electron chi connectivity index (χ0n) is 9.70. The van der Waals surface area contributed by atoms with E-state index < -0.39 is 11.7 Å². The fourth-order valence-corrected chi connectivity index (χ4v) is 2.40. The second-order valence-corrected chi connectivity index (χ2v) is 4.70. The van der Waals surface area contributed by atoms with Crippen molar-refractivity contribution in [1.82, 2.24) is 5.32 Å². The number of carbonyl (C=O) groups is 3. The van der Waals surface area contributed by atoms with Crippen LogP contribution in [0, 0.1) is 0 Å². The molecule has 18 heavy (non-hydrogen) atoms. The van der Waals surface area contributed by atoms with Gasteiger partial charge in [0, 0.05) is 24.5 Å². The fourth-order valence-electron chi connectivity index (χ4n) is 1.86. The average Bonchev–Trinajstić information content (AvgIpc) is 2.61. The maximum atomic E-state index is 11.8. The predicted octanol–water partition coefficient (Wildman–Crippen LogP) is 1.11. The minimum absolute atomic E-state index is 0.168. The average molecular weight is 311 g/mol. The van der Waals surface area contributed by atoms with Crippen molar-refractivity contribution in [2.24, 2.45) is 0 Å². The minimum Gasteiger partial charge on any atom is -0.359 e. The first-order valence-electron chi connectivity index (χ1n) is 5.41. The number of hydrogen-bond donors (Lipinski definition) is 1. The third-order valence-corrected chi connectivity index (χ3v) is 3.45. The van der Waals surface area contributed by atoms with E-state index in [1.807, 2.05) is 0 Å². The molecule has 1 aliphatic rings. The number of Topliss-reactive ketones (excluding diaryl/α,β-unsaturated/α-hetero) is 1. The summed E-state index contributed by atoms with van der Waals surface area (Å²) in [6.45, 7) is 0.202. The van der Waals surface area contributed by atoms with Gasteiger partial charge >= 0.3 is 0 Å². The number of amides is 2. The zero-order chi connectivity index (χ0) is 13.3. The number of benzene rings is 1. The molecule has 1 aliphatic heterocycles. The lowest BCUT2D eigenvalue weighted by Gasteiger charge is -2.15. The lowest BCUT2D eigenvalue weighted by atomic mass is 10.1. The van der Waals surface area contributed by atoms with Gasteiger partial charge in [0.05, 0.1) is 11.3 Å². The summed E-state index contributed by atoms with van der Waals surface area (Å²) in [4.78, 5) is 36.2. The van der Waals surface area contributed by atoms with E-state index in [-0.39, 0.29) is 18.9 Å². The van der Waals surface area contributed by atoms with Crippen molar-refractivity contribution in [2.75, 3.05) is 18.5 Å². The molecule has 0 fully saturated rings. The van der Waals surface area contributed by atoms with Crippen LogP contribution in [0.4, 0.5) is 5.69 Å². The van der Waals surface area contributed by atoms with Gasteiger partial charge in [-0.1, -0.05) is 6.07 Å². The van der Waals surface area contributed by atoms with Crippen molar-refractivity contribution in [3.05, 3.63) is 28.2 Å². The molecule has 0 saturated heterocycles. The second kappa shape index (κ2) is 4.89. The van der Waals surface area contributed by atoms with E-state index in [4.69, 9.17) is 0 Å². The van der Waals surface area contributed by atoms with Crippen molar-refractivity contribution in [3.63, 3.8) is 0 Å². The van der Waals surface area contributed by atoms with Crippen LogP contribution in [0.25, 0.3) is 0 Å². The Labute approximate surface area is 112 Å². The Balaban J connectivity index is 2.29. The van der Waals surface area contributed by atoms with E-state index in [1.165, 1.54) is 11.9 Å². The Morgan fingerprint density at radius 2 is 2.11 bits per heavy atom. The van der Waals surface area contributed by atoms with Crippen LogP contribution in [-0.2, 0) is 9.59 Å². The molecule has 0 unspecified atom stereocenters. The van der Waals surface area contributed by atoms with Gasteiger partial charge in [0.25, 0.3) is 11.7 Å². The normalized spacial score (nSPS) is 13.8. The summed E-state index contributed by atoms with van der Waals surface area (Å²) in [6.07, 6.45) is 0.168. The number of hydrogen-bond acceptors (Lipinski definition) is 3. The molecule has 2 amide bonds. The van der Waals surface area contributed by atoms with E-state index >= 15 is 0 Å². The minimum atomic E-state index is -0.583. The summed E-state index contributed by atoms with van der Waals surface area (Å²) in [5.41, 5.74) is 0.933. The van der Waals surface area contributed by atoms with Gasteiger partial charge in [0.2, 0.25) is 5.91 Å². The number of nitrogens with zero attached hydrogens (tertiary/aromatic N) is 1. The Morgan fingerprint density at radius 3 is 2.78 bits per heavy atom. The molecule has 0 aliphatic carbocycles. The summed E-state index contributed by atoms with van der Waals surface area (Å²) in [7, 11) is 1.53. The number of ketones is 1. The van der Waals surface area contributed by atoms with Gasteiger partial charge < -0.3 is 10.2 Å². The smallest absolute Gasteiger partial charge is 0.299 e. The molecular formula is C12H11BrN2O3. The van der Waals surface area contributed by atoms with Gasteiger partial charge in [-0.3, -0.25) is 14.4 Å². The summed E-state index contributed by atoms with van der Waals surface area (Å²) in [6, 6.07) is 5.17. The molecule has 0 spiro atoms. The molecule has 2 rings (SSSR count). The fraction of sp³-hybridized carbons (Fsp3) is 0.250. The Kier molecular flexibility index (Phi) is 3.47. The largest absolute Gasteiger partial charge is 0.359 e. The first-order valence-corrected chi connectivity index (χ1v) is 6.21. The number of halogens is 1. The Bertz CT molecular complexity index is 542. The SMILES string of the molecule is CNC(=O)CCN1C(=O)C(=O)c2c(Br)cccc21. The monoisotopic (exact) mass is 310 g/mol. The first kappa shape index (κ1) is 12.8. The zero-order valence-corrected chi connectivity index (χ0v) is 11.3. The topological polar surface area (TPSA) is 66.5 Å². The summed E-state index contributed by atoms with van der Waals surface area (Å²) >= 11 is 3.26.